The second kappa shape index (κ2) is 7.45. The van der Waals surface area contributed by atoms with Gasteiger partial charge in [-0.2, -0.15) is 4.31 Å². The summed E-state index contributed by atoms with van der Waals surface area (Å²) in [5.41, 5.74) is 0. The molecule has 1 aliphatic heterocycles. The van der Waals surface area contributed by atoms with Crippen LogP contribution in [0.25, 0.3) is 0 Å². The highest BCUT2D eigenvalue weighted by molar-refractivity contribution is 7.89. The van der Waals surface area contributed by atoms with Gasteiger partial charge in [-0.3, -0.25) is 0 Å². The van der Waals surface area contributed by atoms with Gasteiger partial charge >= 0.3 is 0 Å². The normalized spacial score (nSPS) is 16.9. The maximum absolute atomic E-state index is 12.6. The molecule has 1 fully saturated rings. The van der Waals surface area contributed by atoms with Crippen LogP contribution in [0.4, 0.5) is 0 Å². The van der Waals surface area contributed by atoms with Crippen LogP contribution in [0, 0.1) is 0 Å². The molecule has 0 radical (unpaired) electrons. The van der Waals surface area contributed by atoms with Gasteiger partial charge in [0, 0.05) is 19.2 Å². The van der Waals surface area contributed by atoms with Crippen molar-refractivity contribution in [1.82, 2.24) is 4.31 Å². The van der Waals surface area contributed by atoms with E-state index in [9.17, 15) is 8.42 Å². The van der Waals surface area contributed by atoms with Gasteiger partial charge in [-0.1, -0.05) is 24.9 Å². The molecule has 0 atom stereocenters. The Balaban J connectivity index is 2.20. The summed E-state index contributed by atoms with van der Waals surface area (Å²) in [5, 5.41) is 0.423. The van der Waals surface area contributed by atoms with Gasteiger partial charge in [0.25, 0.3) is 0 Å². The van der Waals surface area contributed by atoms with Crippen molar-refractivity contribution < 1.29 is 17.9 Å². The Morgan fingerprint density at radius 1 is 1.33 bits per heavy atom. The third kappa shape index (κ3) is 4.10. The van der Waals surface area contributed by atoms with Crippen LogP contribution in [-0.2, 0) is 14.8 Å². The van der Waals surface area contributed by atoms with Crippen molar-refractivity contribution in [2.75, 3.05) is 32.9 Å². The lowest BCUT2D eigenvalue weighted by molar-refractivity contribution is 0.0730. The van der Waals surface area contributed by atoms with E-state index in [-0.39, 0.29) is 4.90 Å². The monoisotopic (exact) mass is 333 g/mol. The number of benzene rings is 1. The van der Waals surface area contributed by atoms with Gasteiger partial charge in [0.1, 0.15) is 5.75 Å². The van der Waals surface area contributed by atoms with Gasteiger partial charge in [-0.05, 0) is 18.6 Å². The third-order valence-electron chi connectivity index (χ3n) is 3.27. The lowest BCUT2D eigenvalue weighted by Gasteiger charge is -2.26. The number of sulfonamides is 1. The van der Waals surface area contributed by atoms with E-state index in [1.165, 1.54) is 16.4 Å². The van der Waals surface area contributed by atoms with Gasteiger partial charge in [0.2, 0.25) is 10.0 Å². The van der Waals surface area contributed by atoms with E-state index in [1.54, 1.807) is 6.07 Å². The molecule has 0 N–H and O–H groups in total. The van der Waals surface area contributed by atoms with E-state index < -0.39 is 10.0 Å². The summed E-state index contributed by atoms with van der Waals surface area (Å²) in [4.78, 5) is 0.209. The molecule has 0 bridgehead atoms. The molecule has 0 saturated carbocycles. The van der Waals surface area contributed by atoms with Crippen molar-refractivity contribution >= 4 is 21.6 Å². The molecule has 7 heteroatoms. The standard InChI is InChI=1S/C14H20ClNO4S/c1-2-3-8-20-14-11-12(4-5-13(14)15)21(17,18)16-6-9-19-10-7-16/h4-5,11H,2-3,6-10H2,1H3. The largest absolute Gasteiger partial charge is 0.492 e. The summed E-state index contributed by atoms with van der Waals surface area (Å²) in [6.07, 6.45) is 1.90. The van der Waals surface area contributed by atoms with Gasteiger partial charge in [-0.15, -0.1) is 0 Å². The van der Waals surface area contributed by atoms with Crippen LogP contribution in [0.2, 0.25) is 5.02 Å². The number of nitrogens with zero attached hydrogens (tertiary/aromatic N) is 1. The topological polar surface area (TPSA) is 55.8 Å². The Morgan fingerprint density at radius 3 is 2.71 bits per heavy atom. The van der Waals surface area contributed by atoms with Crippen LogP contribution in [-0.4, -0.2) is 45.6 Å². The Labute approximate surface area is 130 Å². The van der Waals surface area contributed by atoms with Crippen molar-refractivity contribution in [2.45, 2.75) is 24.7 Å². The highest BCUT2D eigenvalue weighted by atomic mass is 35.5. The summed E-state index contributed by atoms with van der Waals surface area (Å²) in [5.74, 6) is 0.416. The molecule has 1 heterocycles. The first kappa shape index (κ1) is 16.5. The average molecular weight is 334 g/mol. The average Bonchev–Trinajstić information content (AvgIpc) is 2.50. The summed E-state index contributed by atoms with van der Waals surface area (Å²) >= 11 is 6.06. The zero-order valence-corrected chi connectivity index (χ0v) is 13.6. The SMILES string of the molecule is CCCCOc1cc(S(=O)(=O)N2CCOCC2)ccc1Cl. The van der Waals surface area contributed by atoms with Gasteiger partial charge < -0.3 is 9.47 Å². The zero-order chi connectivity index (χ0) is 15.3. The predicted octanol–water partition coefficient (Wildman–Crippen LogP) is 2.54. The van der Waals surface area contributed by atoms with Crippen molar-refractivity contribution in [3.05, 3.63) is 23.2 Å². The fraction of sp³-hybridized carbons (Fsp3) is 0.571. The Morgan fingerprint density at radius 2 is 2.05 bits per heavy atom. The van der Waals surface area contributed by atoms with Crippen LogP contribution in [0.3, 0.4) is 0 Å². The maximum atomic E-state index is 12.6. The molecule has 0 aliphatic carbocycles. The minimum Gasteiger partial charge on any atom is -0.492 e. The van der Waals surface area contributed by atoms with E-state index in [0.29, 0.717) is 43.7 Å². The lowest BCUT2D eigenvalue weighted by Crippen LogP contribution is -2.40. The molecule has 0 amide bonds. The zero-order valence-electron chi connectivity index (χ0n) is 12.0. The van der Waals surface area contributed by atoms with E-state index in [1.807, 2.05) is 0 Å². The van der Waals surface area contributed by atoms with Crippen LogP contribution in [0.5, 0.6) is 5.75 Å². The van der Waals surface area contributed by atoms with Crippen molar-refractivity contribution in [3.63, 3.8) is 0 Å². The van der Waals surface area contributed by atoms with Crippen LogP contribution in [0.1, 0.15) is 19.8 Å². The molecule has 2 rings (SSSR count). The molecule has 118 valence electrons. The number of ether oxygens (including phenoxy) is 2. The summed E-state index contributed by atoms with van der Waals surface area (Å²) in [6, 6.07) is 4.58. The lowest BCUT2D eigenvalue weighted by atomic mass is 10.3. The Hall–Kier alpha value is -0.820. The molecule has 1 aromatic rings. The van der Waals surface area contributed by atoms with Gasteiger partial charge in [-0.25, -0.2) is 8.42 Å². The van der Waals surface area contributed by atoms with Crippen molar-refractivity contribution in [1.29, 1.82) is 0 Å². The fourth-order valence-electron chi connectivity index (χ4n) is 2.02. The van der Waals surface area contributed by atoms with Crippen LogP contribution < -0.4 is 4.74 Å². The Kier molecular flexibility index (Phi) is 5.87. The minimum absolute atomic E-state index is 0.209. The molecule has 1 saturated heterocycles. The molecule has 0 unspecified atom stereocenters. The third-order valence-corrected chi connectivity index (χ3v) is 5.47. The molecular formula is C14H20ClNO4S. The maximum Gasteiger partial charge on any atom is 0.243 e. The first-order valence-electron chi connectivity index (χ1n) is 7.06. The van der Waals surface area contributed by atoms with Gasteiger partial charge in [0.15, 0.2) is 0 Å². The van der Waals surface area contributed by atoms with Crippen LogP contribution in [0.15, 0.2) is 23.1 Å². The highest BCUT2D eigenvalue weighted by Crippen LogP contribution is 2.29. The van der Waals surface area contributed by atoms with Crippen molar-refractivity contribution in [3.8, 4) is 5.75 Å². The van der Waals surface area contributed by atoms with E-state index in [0.717, 1.165) is 12.8 Å². The number of halogens is 1. The number of hydrogen-bond donors (Lipinski definition) is 0. The van der Waals surface area contributed by atoms with Crippen LogP contribution >= 0.6 is 11.6 Å². The summed E-state index contributed by atoms with van der Waals surface area (Å²) < 4.78 is 37.3. The Bertz CT molecular complexity index is 570. The fourth-order valence-corrected chi connectivity index (χ4v) is 3.61. The van der Waals surface area contributed by atoms with E-state index in [4.69, 9.17) is 21.1 Å². The number of unbranched alkanes of at least 4 members (excludes halogenated alkanes) is 1. The summed E-state index contributed by atoms with van der Waals surface area (Å²) in [6.45, 7) is 4.18. The first-order valence-corrected chi connectivity index (χ1v) is 8.87. The highest BCUT2D eigenvalue weighted by Gasteiger charge is 2.27. The smallest absolute Gasteiger partial charge is 0.243 e. The second-order valence-corrected chi connectivity index (χ2v) is 7.16. The number of rotatable bonds is 6. The quantitative estimate of drug-likeness (QED) is 0.751. The molecule has 5 nitrogen and oxygen atoms in total. The number of morpholine rings is 1. The number of hydrogen-bond acceptors (Lipinski definition) is 4. The second-order valence-electron chi connectivity index (χ2n) is 4.81. The molecule has 0 aromatic heterocycles. The minimum atomic E-state index is -3.52. The van der Waals surface area contributed by atoms with E-state index in [2.05, 4.69) is 6.92 Å². The molecule has 1 aliphatic rings. The van der Waals surface area contributed by atoms with Crippen molar-refractivity contribution in [2.24, 2.45) is 0 Å². The molecular weight excluding hydrogens is 314 g/mol. The molecule has 0 spiro atoms. The summed E-state index contributed by atoms with van der Waals surface area (Å²) in [7, 11) is -3.52. The van der Waals surface area contributed by atoms with Gasteiger partial charge in [0.05, 0.1) is 29.7 Å². The first-order chi connectivity index (χ1) is 10.1. The molecule has 21 heavy (non-hydrogen) atoms. The molecule has 1 aromatic carbocycles. The predicted molar refractivity (Wildman–Crippen MR) is 81.4 cm³/mol. The van der Waals surface area contributed by atoms with E-state index >= 15 is 0 Å².